The van der Waals surface area contributed by atoms with Gasteiger partial charge in [-0.2, -0.15) is 0 Å². The Kier molecular flexibility index (Phi) is 7.44. The van der Waals surface area contributed by atoms with Crippen molar-refractivity contribution >= 4 is 50.9 Å². The summed E-state index contributed by atoms with van der Waals surface area (Å²) in [7, 11) is 0. The highest BCUT2D eigenvalue weighted by atomic mass is 79.9. The average Bonchev–Trinajstić information content (AvgIpc) is 3.39. The quantitative estimate of drug-likeness (QED) is 0.200. The number of amides is 1. The third-order valence-electron chi connectivity index (χ3n) is 3.51. The van der Waals surface area contributed by atoms with Gasteiger partial charge in [-0.1, -0.05) is 33.8 Å². The molecule has 0 saturated heterocycles. The Balaban J connectivity index is 1.72. The molecule has 2 aromatic heterocycles. The molecule has 0 atom stereocenters. The monoisotopic (exact) mass is 492 g/mol. The number of thioether (sulfide) groups is 1. The van der Waals surface area contributed by atoms with Crippen LogP contribution in [0.1, 0.15) is 0 Å². The van der Waals surface area contributed by atoms with E-state index in [0.29, 0.717) is 28.4 Å². The highest BCUT2D eigenvalue weighted by molar-refractivity contribution is 9.10. The maximum atomic E-state index is 12.1. The van der Waals surface area contributed by atoms with E-state index in [4.69, 9.17) is 16.6 Å². The van der Waals surface area contributed by atoms with Crippen molar-refractivity contribution in [2.75, 3.05) is 12.3 Å². The lowest BCUT2D eigenvalue weighted by Gasteiger charge is -2.11. The third kappa shape index (κ3) is 5.68. The van der Waals surface area contributed by atoms with E-state index >= 15 is 0 Å². The smallest absolute Gasteiger partial charge is 0.248 e. The van der Waals surface area contributed by atoms with Gasteiger partial charge in [0.2, 0.25) is 11.7 Å². The van der Waals surface area contributed by atoms with Crippen LogP contribution in [0, 0.1) is 0 Å². The summed E-state index contributed by atoms with van der Waals surface area (Å²) in [5, 5.41) is 12.2. The summed E-state index contributed by atoms with van der Waals surface area (Å²) in [5.74, 6) is 0.983. The van der Waals surface area contributed by atoms with Gasteiger partial charge in [0, 0.05) is 16.7 Å². The second-order valence-corrected chi connectivity index (χ2v) is 7.82. The summed E-state index contributed by atoms with van der Waals surface area (Å²) in [5.41, 5.74) is 6.01. The molecule has 3 rings (SSSR count). The first-order valence-electron chi connectivity index (χ1n) is 8.40. The Morgan fingerprint density at radius 1 is 1.28 bits per heavy atom. The molecule has 0 unspecified atom stereocenters. The van der Waals surface area contributed by atoms with E-state index in [1.807, 2.05) is 34.9 Å². The number of aromatic nitrogens is 3. The highest BCUT2D eigenvalue weighted by Crippen LogP contribution is 2.28. The van der Waals surface area contributed by atoms with Crippen molar-refractivity contribution < 1.29 is 9.21 Å². The largest absolute Gasteiger partial charge is 0.461 e. The molecular weight excluding hydrogens is 476 g/mol. The molecule has 29 heavy (non-hydrogen) atoms. The van der Waals surface area contributed by atoms with Crippen molar-refractivity contribution in [3.8, 4) is 17.3 Å². The average molecular weight is 493 g/mol. The minimum Gasteiger partial charge on any atom is -0.461 e. The van der Waals surface area contributed by atoms with Crippen molar-refractivity contribution in [2.24, 2.45) is 0 Å². The maximum absolute atomic E-state index is 12.1. The molecule has 0 radical (unpaired) electrons. The van der Waals surface area contributed by atoms with Crippen LogP contribution in [0.2, 0.25) is 0 Å². The Morgan fingerprint density at radius 2 is 2.07 bits per heavy atom. The van der Waals surface area contributed by atoms with Crippen LogP contribution in [0.3, 0.4) is 0 Å². The number of carbonyl (C=O) groups excluding carboxylic acids is 1. The normalized spacial score (nSPS) is 10.4. The van der Waals surface area contributed by atoms with E-state index in [1.54, 1.807) is 18.4 Å². The van der Waals surface area contributed by atoms with Gasteiger partial charge in [-0.25, -0.2) is 0 Å². The molecule has 0 aliphatic rings. The lowest BCUT2D eigenvalue weighted by molar-refractivity contribution is -0.119. The van der Waals surface area contributed by atoms with Gasteiger partial charge in [0.15, 0.2) is 16.0 Å². The summed E-state index contributed by atoms with van der Waals surface area (Å²) in [4.78, 5) is 12.1. The molecule has 1 aromatic carbocycles. The van der Waals surface area contributed by atoms with Gasteiger partial charge >= 0.3 is 0 Å². The molecule has 3 N–H and O–H groups in total. The minimum absolute atomic E-state index is 0.115. The molecule has 0 saturated carbocycles. The fourth-order valence-corrected chi connectivity index (χ4v) is 3.40. The summed E-state index contributed by atoms with van der Waals surface area (Å²) in [6.45, 7) is 4.09. The molecule has 0 aliphatic heterocycles. The van der Waals surface area contributed by atoms with Gasteiger partial charge in [0.25, 0.3) is 0 Å². The van der Waals surface area contributed by atoms with Crippen molar-refractivity contribution in [3.63, 3.8) is 0 Å². The van der Waals surface area contributed by atoms with E-state index < -0.39 is 0 Å². The second kappa shape index (κ2) is 10.2. The first-order chi connectivity index (χ1) is 14.1. The topological polar surface area (TPSA) is 97.0 Å². The van der Waals surface area contributed by atoms with Crippen molar-refractivity contribution in [1.82, 2.24) is 30.9 Å². The fraction of sp³-hybridized carbons (Fsp3) is 0.111. The number of furan rings is 1. The van der Waals surface area contributed by atoms with Crippen LogP contribution >= 0.6 is 39.9 Å². The summed E-state index contributed by atoms with van der Waals surface area (Å²) < 4.78 is 8.28. The molecule has 8 nitrogen and oxygen atoms in total. The van der Waals surface area contributed by atoms with Gasteiger partial charge < -0.3 is 9.73 Å². The number of thiocarbonyl (C=S) groups is 1. The Labute approximate surface area is 185 Å². The van der Waals surface area contributed by atoms with Crippen LogP contribution in [0.15, 0.2) is 69.4 Å². The van der Waals surface area contributed by atoms with Crippen molar-refractivity contribution in [1.29, 1.82) is 0 Å². The van der Waals surface area contributed by atoms with Gasteiger partial charge in [-0.05, 0) is 48.6 Å². The lowest BCUT2D eigenvalue weighted by Crippen LogP contribution is -2.47. The number of halogens is 1. The zero-order valence-electron chi connectivity index (χ0n) is 15.1. The third-order valence-corrected chi connectivity index (χ3v) is 5.22. The number of hydrazine groups is 1. The minimum atomic E-state index is -0.261. The van der Waals surface area contributed by atoms with Crippen molar-refractivity contribution in [3.05, 3.63) is 59.8 Å². The van der Waals surface area contributed by atoms with Crippen LogP contribution in [-0.4, -0.2) is 38.1 Å². The van der Waals surface area contributed by atoms with Gasteiger partial charge in [0.1, 0.15) is 0 Å². The zero-order valence-corrected chi connectivity index (χ0v) is 18.3. The van der Waals surface area contributed by atoms with Gasteiger partial charge in [0.05, 0.1) is 12.0 Å². The van der Waals surface area contributed by atoms with Crippen LogP contribution in [-0.2, 0) is 4.79 Å². The van der Waals surface area contributed by atoms with Crippen LogP contribution in [0.25, 0.3) is 17.3 Å². The number of nitrogens with zero attached hydrogens (tertiary/aromatic N) is 3. The molecular formula is C18H17BrN6O2S2. The predicted octanol–water partition coefficient (Wildman–Crippen LogP) is 3.06. The first-order valence-corrected chi connectivity index (χ1v) is 10.6. The van der Waals surface area contributed by atoms with E-state index in [0.717, 1.165) is 10.2 Å². The molecule has 2 heterocycles. The zero-order chi connectivity index (χ0) is 20.6. The lowest BCUT2D eigenvalue weighted by atomic mass is 10.3. The maximum Gasteiger partial charge on any atom is 0.248 e. The Bertz CT molecular complexity index is 988. The number of carbonyl (C=O) groups is 1. The number of nitrogens with one attached hydrogen (secondary N) is 3. The molecule has 150 valence electrons. The molecule has 1 amide bonds. The molecule has 11 heteroatoms. The van der Waals surface area contributed by atoms with E-state index in [1.165, 1.54) is 11.8 Å². The molecule has 0 aliphatic carbocycles. The van der Waals surface area contributed by atoms with E-state index in [2.05, 4.69) is 48.9 Å². The highest BCUT2D eigenvalue weighted by Gasteiger charge is 2.19. The number of benzene rings is 1. The van der Waals surface area contributed by atoms with Crippen LogP contribution < -0.4 is 16.2 Å². The first kappa shape index (κ1) is 21.1. The Hall–Kier alpha value is -2.63. The fourth-order valence-electron chi connectivity index (χ4n) is 2.25. The van der Waals surface area contributed by atoms with Crippen LogP contribution in [0.4, 0.5) is 0 Å². The number of hydrogen-bond donors (Lipinski definition) is 3. The number of hydrogen-bond acceptors (Lipinski definition) is 6. The van der Waals surface area contributed by atoms with Crippen LogP contribution in [0.5, 0.6) is 0 Å². The second-order valence-electron chi connectivity index (χ2n) is 5.56. The molecule has 0 spiro atoms. The summed E-state index contributed by atoms with van der Waals surface area (Å²) >= 11 is 9.71. The standard InChI is InChI=1S/C18H17BrN6O2S2/c1-2-9-20-17(28)23-21-15(26)11-29-18-24-22-16(14-4-3-10-27-14)25(18)13-7-5-12(19)6-8-13/h2-8,10H,1,9,11H2,(H,21,26)(H2,20,23,28). The number of rotatable bonds is 7. The van der Waals surface area contributed by atoms with Gasteiger partial charge in [-0.3, -0.25) is 20.2 Å². The van der Waals surface area contributed by atoms with Gasteiger partial charge in [-0.15, -0.1) is 16.8 Å². The van der Waals surface area contributed by atoms with E-state index in [9.17, 15) is 4.79 Å². The molecule has 3 aromatic rings. The molecule has 0 bridgehead atoms. The Morgan fingerprint density at radius 3 is 2.76 bits per heavy atom. The molecule has 0 fully saturated rings. The van der Waals surface area contributed by atoms with E-state index in [-0.39, 0.29) is 11.7 Å². The summed E-state index contributed by atoms with van der Waals surface area (Å²) in [6.07, 6.45) is 3.24. The SMILES string of the molecule is C=CCNC(=S)NNC(=O)CSc1nnc(-c2ccco2)n1-c1ccc(Br)cc1. The predicted molar refractivity (Wildman–Crippen MR) is 120 cm³/mol. The summed E-state index contributed by atoms with van der Waals surface area (Å²) in [6, 6.07) is 11.3. The van der Waals surface area contributed by atoms with Crippen molar-refractivity contribution in [2.45, 2.75) is 5.16 Å².